The SMILES string of the molecule is C[Si](C)(C)[Si](C)(CCCCCCCCCCCOc1ccc(C(=O)O)cc1)[Si](C)(C)C. The van der Waals surface area contributed by atoms with Gasteiger partial charge in [-0.25, -0.2) is 4.79 Å². The lowest BCUT2D eigenvalue weighted by Crippen LogP contribution is -2.69. The quantitative estimate of drug-likeness (QED) is 0.191. The first kappa shape index (κ1) is 28.2. The molecule has 0 atom stereocenters. The van der Waals surface area contributed by atoms with E-state index in [4.69, 9.17) is 9.84 Å². The third-order valence-corrected chi connectivity index (χ3v) is 50.3. The number of hydrogen-bond donors (Lipinski definition) is 1. The van der Waals surface area contributed by atoms with Crippen LogP contribution in [0.4, 0.5) is 0 Å². The van der Waals surface area contributed by atoms with Crippen molar-refractivity contribution in [1.82, 2.24) is 0 Å². The third kappa shape index (κ3) is 9.66. The van der Waals surface area contributed by atoms with E-state index < -0.39 is 28.3 Å². The molecule has 0 radical (unpaired) electrons. The van der Waals surface area contributed by atoms with Gasteiger partial charge in [-0.05, 0) is 30.7 Å². The molecule has 0 fully saturated rings. The molecule has 0 bridgehead atoms. The maximum Gasteiger partial charge on any atom is 0.335 e. The van der Waals surface area contributed by atoms with Gasteiger partial charge in [0.15, 0.2) is 0 Å². The van der Waals surface area contributed by atoms with Crippen LogP contribution in [0.3, 0.4) is 0 Å². The van der Waals surface area contributed by atoms with E-state index in [0.717, 1.165) is 12.2 Å². The molecule has 0 spiro atoms. The summed E-state index contributed by atoms with van der Waals surface area (Å²) in [4.78, 5) is 10.8. The van der Waals surface area contributed by atoms with Gasteiger partial charge in [0.2, 0.25) is 0 Å². The van der Waals surface area contributed by atoms with Crippen molar-refractivity contribution >= 4 is 28.3 Å². The first-order valence-corrected chi connectivity index (χ1v) is 24.1. The van der Waals surface area contributed by atoms with E-state index in [-0.39, 0.29) is 0 Å². The Morgan fingerprint density at radius 1 is 0.710 bits per heavy atom. The maximum absolute atomic E-state index is 10.8. The fraction of sp³-hybridized carbons (Fsp3) is 0.720. The first-order chi connectivity index (χ1) is 14.4. The molecule has 0 saturated heterocycles. The van der Waals surface area contributed by atoms with E-state index in [1.165, 1.54) is 51.4 Å². The standard InChI is InChI=1S/C25H48O3Si3/c1-29(2,3)31(7,30(4,5)6)22-16-14-12-10-8-9-11-13-15-21-28-24-19-17-23(18-20-24)25(26)27/h17-20H,8-16,21-22H2,1-7H3,(H,26,27). The van der Waals surface area contributed by atoms with Crippen LogP contribution in [0.15, 0.2) is 24.3 Å². The van der Waals surface area contributed by atoms with E-state index >= 15 is 0 Å². The van der Waals surface area contributed by atoms with Crippen LogP contribution in [-0.4, -0.2) is 40.0 Å². The topological polar surface area (TPSA) is 46.5 Å². The van der Waals surface area contributed by atoms with E-state index in [1.807, 2.05) is 0 Å². The van der Waals surface area contributed by atoms with Crippen LogP contribution in [0.25, 0.3) is 0 Å². The summed E-state index contributed by atoms with van der Waals surface area (Å²) >= 11 is 0. The van der Waals surface area contributed by atoms with Crippen LogP contribution in [-0.2, 0) is 0 Å². The highest BCUT2D eigenvalue weighted by molar-refractivity contribution is 7.68. The predicted octanol–water partition coefficient (Wildman–Crippen LogP) is 8.19. The largest absolute Gasteiger partial charge is 0.494 e. The van der Waals surface area contributed by atoms with E-state index in [1.54, 1.807) is 30.3 Å². The van der Waals surface area contributed by atoms with Crippen LogP contribution in [0.1, 0.15) is 68.1 Å². The minimum absolute atomic E-state index is 0.301. The van der Waals surface area contributed by atoms with Crippen LogP contribution in [0.5, 0.6) is 5.75 Å². The number of carboxylic acid groups (broad SMARTS) is 1. The Morgan fingerprint density at radius 2 is 1.13 bits per heavy atom. The zero-order valence-corrected chi connectivity index (χ0v) is 24.4. The summed E-state index contributed by atoms with van der Waals surface area (Å²) in [5.41, 5.74) is 0.301. The fourth-order valence-corrected chi connectivity index (χ4v) is 41.8. The number of aromatic carboxylic acids is 1. The van der Waals surface area contributed by atoms with Crippen molar-refractivity contribution in [3.63, 3.8) is 0 Å². The van der Waals surface area contributed by atoms with Crippen molar-refractivity contribution < 1.29 is 14.6 Å². The van der Waals surface area contributed by atoms with E-state index in [0.29, 0.717) is 12.2 Å². The van der Waals surface area contributed by atoms with Crippen LogP contribution >= 0.6 is 0 Å². The average molecular weight is 481 g/mol. The van der Waals surface area contributed by atoms with Crippen molar-refractivity contribution in [2.45, 2.75) is 110 Å². The summed E-state index contributed by atoms with van der Waals surface area (Å²) < 4.78 is 5.70. The lowest BCUT2D eigenvalue weighted by Gasteiger charge is -2.48. The molecule has 1 aromatic rings. The number of rotatable bonds is 16. The van der Waals surface area contributed by atoms with E-state index in [2.05, 4.69) is 45.8 Å². The lowest BCUT2D eigenvalue weighted by atomic mass is 10.1. The second kappa shape index (κ2) is 13.0. The molecule has 0 saturated carbocycles. The lowest BCUT2D eigenvalue weighted by molar-refractivity contribution is 0.0697. The molecular weight excluding hydrogens is 433 g/mol. The molecule has 0 aromatic heterocycles. The Morgan fingerprint density at radius 3 is 1.55 bits per heavy atom. The third-order valence-electron chi connectivity index (χ3n) is 7.50. The highest BCUT2D eigenvalue weighted by atomic mass is 29.6. The summed E-state index contributed by atoms with van der Waals surface area (Å²) in [6.07, 6.45) is 12.0. The molecule has 0 heterocycles. The second-order valence-corrected chi connectivity index (χ2v) is 40.7. The summed E-state index contributed by atoms with van der Waals surface area (Å²) in [5.74, 6) is -0.141. The molecular formula is C25H48O3Si3. The average Bonchev–Trinajstić information content (AvgIpc) is 2.67. The van der Waals surface area contributed by atoms with Gasteiger partial charge in [-0.1, -0.05) is 103 Å². The number of carboxylic acids is 1. The molecule has 1 aromatic carbocycles. The molecule has 0 unspecified atom stereocenters. The Balaban J connectivity index is 2.05. The number of ether oxygens (including phenoxy) is 1. The van der Waals surface area contributed by atoms with Crippen molar-refractivity contribution in [2.75, 3.05) is 6.61 Å². The van der Waals surface area contributed by atoms with Crippen molar-refractivity contribution in [3.05, 3.63) is 29.8 Å². The molecule has 3 nitrogen and oxygen atoms in total. The molecule has 1 N–H and O–H groups in total. The monoisotopic (exact) mass is 480 g/mol. The van der Waals surface area contributed by atoms with Gasteiger partial charge in [0, 0.05) is 22.3 Å². The Bertz CT molecular complexity index is 631. The molecule has 0 aliphatic heterocycles. The second-order valence-electron chi connectivity index (χ2n) is 11.4. The molecule has 0 aliphatic carbocycles. The van der Waals surface area contributed by atoms with Gasteiger partial charge < -0.3 is 9.84 Å². The van der Waals surface area contributed by atoms with Gasteiger partial charge in [0.05, 0.1) is 12.2 Å². The van der Waals surface area contributed by atoms with Crippen molar-refractivity contribution in [3.8, 4) is 5.75 Å². The van der Waals surface area contributed by atoms with E-state index in [9.17, 15) is 4.79 Å². The normalized spacial score (nSPS) is 12.7. The molecule has 0 aliphatic rings. The summed E-state index contributed by atoms with van der Waals surface area (Å²) in [6, 6.07) is 8.24. The maximum atomic E-state index is 10.8. The van der Waals surface area contributed by atoms with Gasteiger partial charge in [-0.2, -0.15) is 0 Å². The van der Waals surface area contributed by atoms with Crippen molar-refractivity contribution in [2.24, 2.45) is 0 Å². The molecule has 178 valence electrons. The molecule has 0 amide bonds. The summed E-state index contributed by atoms with van der Waals surface area (Å²) in [5, 5.41) is 8.91. The van der Waals surface area contributed by atoms with Gasteiger partial charge in [-0.15, -0.1) is 0 Å². The Kier molecular flexibility index (Phi) is 11.8. The summed E-state index contributed by atoms with van der Waals surface area (Å²) in [6.45, 7) is 19.3. The highest BCUT2D eigenvalue weighted by Gasteiger charge is 2.49. The minimum Gasteiger partial charge on any atom is -0.494 e. The van der Waals surface area contributed by atoms with Gasteiger partial charge in [0.25, 0.3) is 0 Å². The van der Waals surface area contributed by atoms with Gasteiger partial charge in [0.1, 0.15) is 5.75 Å². The van der Waals surface area contributed by atoms with Crippen LogP contribution in [0, 0.1) is 0 Å². The number of unbranched alkanes of at least 4 members (excludes halogenated alkanes) is 8. The highest BCUT2D eigenvalue weighted by Crippen LogP contribution is 2.34. The summed E-state index contributed by atoms with van der Waals surface area (Å²) in [7, 11) is -3.05. The Hall–Kier alpha value is -0.859. The number of benzene rings is 1. The molecule has 1 rings (SSSR count). The Labute approximate surface area is 194 Å². The number of carbonyl (C=O) groups is 1. The minimum atomic E-state index is -1.04. The zero-order valence-electron chi connectivity index (χ0n) is 21.4. The smallest absolute Gasteiger partial charge is 0.335 e. The first-order valence-electron chi connectivity index (χ1n) is 12.3. The van der Waals surface area contributed by atoms with Gasteiger partial charge in [-0.3, -0.25) is 0 Å². The van der Waals surface area contributed by atoms with Crippen LogP contribution < -0.4 is 4.74 Å². The predicted molar refractivity (Wildman–Crippen MR) is 144 cm³/mol. The number of hydrogen-bond acceptors (Lipinski definition) is 2. The van der Waals surface area contributed by atoms with Gasteiger partial charge >= 0.3 is 5.97 Å². The van der Waals surface area contributed by atoms with Crippen LogP contribution in [0.2, 0.25) is 51.9 Å². The molecule has 6 heteroatoms. The van der Waals surface area contributed by atoms with Crippen molar-refractivity contribution in [1.29, 1.82) is 0 Å². The molecule has 31 heavy (non-hydrogen) atoms. The fourth-order valence-electron chi connectivity index (χ4n) is 4.58. The zero-order chi connectivity index (χ0) is 23.5.